The Balaban J connectivity index is 2.66. The highest BCUT2D eigenvalue weighted by Gasteiger charge is 2.13. The van der Waals surface area contributed by atoms with Crippen LogP contribution in [-0.2, 0) is 11.3 Å². The molecule has 0 bridgehead atoms. The Labute approximate surface area is 89.9 Å². The Bertz CT molecular complexity index is 422. The van der Waals surface area contributed by atoms with Gasteiger partial charge in [0.05, 0.1) is 11.5 Å². The van der Waals surface area contributed by atoms with Gasteiger partial charge >= 0.3 is 11.7 Å². The van der Waals surface area contributed by atoms with Crippen LogP contribution in [0.25, 0.3) is 0 Å². The van der Waals surface area contributed by atoms with Crippen molar-refractivity contribution in [3.63, 3.8) is 0 Å². The molecule has 7 heteroatoms. The second-order valence-corrected chi connectivity index (χ2v) is 3.04. The average Bonchev–Trinajstić information content (AvgIpc) is 2.16. The molecule has 1 rings (SSSR count). The van der Waals surface area contributed by atoms with Crippen molar-refractivity contribution in [2.75, 3.05) is 6.54 Å². The number of halogens is 1. The van der Waals surface area contributed by atoms with Gasteiger partial charge in [0.2, 0.25) is 5.82 Å². The summed E-state index contributed by atoms with van der Waals surface area (Å²) in [5.41, 5.74) is -0.147. The molecule has 1 aromatic rings. The number of nitro groups is 1. The van der Waals surface area contributed by atoms with Crippen molar-refractivity contribution in [2.24, 2.45) is 0 Å². The maximum Gasteiger partial charge on any atom is 0.317 e. The number of aliphatic carboxylic acids is 1. The smallest absolute Gasteiger partial charge is 0.317 e. The van der Waals surface area contributed by atoms with Gasteiger partial charge in [0.1, 0.15) is 0 Å². The van der Waals surface area contributed by atoms with Gasteiger partial charge in [0, 0.05) is 12.6 Å². The summed E-state index contributed by atoms with van der Waals surface area (Å²) in [5.74, 6) is -1.96. The maximum atomic E-state index is 13.1. The first-order valence-electron chi connectivity index (χ1n) is 4.36. The normalized spacial score (nSPS) is 10.1. The topological polar surface area (TPSA) is 92.5 Å². The molecule has 0 fully saturated rings. The fourth-order valence-corrected chi connectivity index (χ4v) is 1.12. The minimum Gasteiger partial charge on any atom is -0.480 e. The summed E-state index contributed by atoms with van der Waals surface area (Å²) in [6.45, 7) is -0.111. The lowest BCUT2D eigenvalue weighted by Crippen LogP contribution is -2.21. The average molecular weight is 228 g/mol. The Morgan fingerprint density at radius 2 is 2.25 bits per heavy atom. The minimum absolute atomic E-state index is 0.140. The van der Waals surface area contributed by atoms with E-state index in [1.807, 2.05) is 0 Å². The van der Waals surface area contributed by atoms with Crippen LogP contribution in [0.5, 0.6) is 0 Å². The first kappa shape index (κ1) is 12.1. The summed E-state index contributed by atoms with van der Waals surface area (Å²) in [4.78, 5) is 19.7. The van der Waals surface area contributed by atoms with E-state index in [2.05, 4.69) is 5.32 Å². The van der Waals surface area contributed by atoms with Gasteiger partial charge in [-0.1, -0.05) is 6.07 Å². The molecule has 0 heterocycles. The van der Waals surface area contributed by atoms with E-state index < -0.39 is 22.4 Å². The molecule has 0 aliphatic carbocycles. The predicted molar refractivity (Wildman–Crippen MR) is 52.4 cm³/mol. The Hall–Kier alpha value is -2.02. The van der Waals surface area contributed by atoms with Gasteiger partial charge in [-0.3, -0.25) is 14.9 Å². The third kappa shape index (κ3) is 3.28. The number of carbonyl (C=O) groups is 1. The quantitative estimate of drug-likeness (QED) is 0.577. The molecular weight excluding hydrogens is 219 g/mol. The third-order valence-corrected chi connectivity index (χ3v) is 1.81. The van der Waals surface area contributed by atoms with Crippen LogP contribution in [0.4, 0.5) is 10.1 Å². The van der Waals surface area contributed by atoms with Gasteiger partial charge in [-0.15, -0.1) is 0 Å². The summed E-state index contributed by atoms with van der Waals surface area (Å²) in [5, 5.41) is 21.2. The zero-order chi connectivity index (χ0) is 12.1. The highest BCUT2D eigenvalue weighted by Crippen LogP contribution is 2.17. The first-order valence-corrected chi connectivity index (χ1v) is 4.36. The Morgan fingerprint density at radius 1 is 1.56 bits per heavy atom. The van der Waals surface area contributed by atoms with Crippen molar-refractivity contribution >= 4 is 11.7 Å². The molecule has 0 aliphatic rings. The van der Waals surface area contributed by atoms with E-state index in [4.69, 9.17) is 5.11 Å². The van der Waals surface area contributed by atoms with Crippen LogP contribution in [0, 0.1) is 15.9 Å². The second kappa shape index (κ2) is 5.17. The van der Waals surface area contributed by atoms with E-state index in [9.17, 15) is 19.3 Å². The van der Waals surface area contributed by atoms with Crippen LogP contribution in [0.2, 0.25) is 0 Å². The standard InChI is InChI=1S/C9H9FN2O4/c10-7-3-6(4-11-5-9(13)14)1-2-8(7)12(15)16/h1-3,11H,4-5H2,(H,13,14). The van der Waals surface area contributed by atoms with Crippen molar-refractivity contribution < 1.29 is 19.2 Å². The molecule has 0 atom stereocenters. The van der Waals surface area contributed by atoms with Crippen LogP contribution in [0.1, 0.15) is 5.56 Å². The number of rotatable bonds is 5. The third-order valence-electron chi connectivity index (χ3n) is 1.81. The van der Waals surface area contributed by atoms with Crippen LogP contribution in [0.3, 0.4) is 0 Å². The molecule has 0 amide bonds. The minimum atomic E-state index is -1.03. The lowest BCUT2D eigenvalue weighted by atomic mass is 10.2. The van der Waals surface area contributed by atoms with Crippen LogP contribution in [0.15, 0.2) is 18.2 Å². The van der Waals surface area contributed by atoms with Gasteiger partial charge in [0.15, 0.2) is 0 Å². The van der Waals surface area contributed by atoms with Crippen molar-refractivity contribution in [1.29, 1.82) is 0 Å². The number of nitrogens with one attached hydrogen (secondary N) is 1. The van der Waals surface area contributed by atoms with Crippen molar-refractivity contribution in [1.82, 2.24) is 5.32 Å². The molecular formula is C9H9FN2O4. The lowest BCUT2D eigenvalue weighted by Gasteiger charge is -2.02. The lowest BCUT2D eigenvalue weighted by molar-refractivity contribution is -0.387. The SMILES string of the molecule is O=C(O)CNCc1ccc([N+](=O)[O-])c(F)c1. The first-order chi connectivity index (χ1) is 7.50. The zero-order valence-corrected chi connectivity index (χ0v) is 8.14. The molecule has 0 aliphatic heterocycles. The molecule has 6 nitrogen and oxygen atoms in total. The molecule has 0 unspecified atom stereocenters. The van der Waals surface area contributed by atoms with E-state index in [0.29, 0.717) is 5.56 Å². The van der Waals surface area contributed by atoms with Gasteiger partial charge < -0.3 is 10.4 Å². The number of benzene rings is 1. The van der Waals surface area contributed by atoms with Crippen molar-refractivity contribution in [3.8, 4) is 0 Å². The Kier molecular flexibility index (Phi) is 3.90. The predicted octanol–water partition coefficient (Wildman–Crippen LogP) is 0.908. The summed E-state index contributed by atoms with van der Waals surface area (Å²) < 4.78 is 13.1. The van der Waals surface area contributed by atoms with E-state index in [-0.39, 0.29) is 13.1 Å². The van der Waals surface area contributed by atoms with Crippen LogP contribution < -0.4 is 5.32 Å². The Morgan fingerprint density at radius 3 is 2.75 bits per heavy atom. The van der Waals surface area contributed by atoms with Gasteiger partial charge in [0.25, 0.3) is 0 Å². The van der Waals surface area contributed by atoms with Gasteiger partial charge in [-0.25, -0.2) is 0 Å². The van der Waals surface area contributed by atoms with E-state index in [1.54, 1.807) is 0 Å². The van der Waals surface area contributed by atoms with Crippen molar-refractivity contribution in [2.45, 2.75) is 6.54 Å². The van der Waals surface area contributed by atoms with Gasteiger partial charge in [-0.05, 0) is 11.6 Å². The number of nitrogens with zero attached hydrogens (tertiary/aromatic N) is 1. The summed E-state index contributed by atoms with van der Waals surface area (Å²) in [6, 6.07) is 3.43. The molecule has 86 valence electrons. The highest BCUT2D eigenvalue weighted by molar-refractivity contribution is 5.68. The summed E-state index contributed by atoms with van der Waals surface area (Å²) >= 11 is 0. The molecule has 0 saturated heterocycles. The molecule has 1 aromatic carbocycles. The van der Waals surface area contributed by atoms with E-state index in [1.165, 1.54) is 6.07 Å². The summed E-state index contributed by atoms with van der Waals surface area (Å²) in [6.07, 6.45) is 0. The van der Waals surface area contributed by atoms with Gasteiger partial charge in [-0.2, -0.15) is 4.39 Å². The molecule has 2 N–H and O–H groups in total. The zero-order valence-electron chi connectivity index (χ0n) is 8.14. The number of carboxylic acid groups (broad SMARTS) is 1. The molecule has 0 radical (unpaired) electrons. The van der Waals surface area contributed by atoms with Crippen molar-refractivity contribution in [3.05, 3.63) is 39.7 Å². The monoisotopic (exact) mass is 228 g/mol. The molecule has 16 heavy (non-hydrogen) atoms. The fourth-order valence-electron chi connectivity index (χ4n) is 1.12. The largest absolute Gasteiger partial charge is 0.480 e. The molecule has 0 saturated carbocycles. The number of nitro benzene ring substituents is 1. The maximum absolute atomic E-state index is 13.1. The van der Waals surface area contributed by atoms with E-state index >= 15 is 0 Å². The highest BCUT2D eigenvalue weighted by atomic mass is 19.1. The molecule has 0 aromatic heterocycles. The number of hydrogen-bond donors (Lipinski definition) is 2. The number of hydrogen-bond acceptors (Lipinski definition) is 4. The van der Waals surface area contributed by atoms with Crippen LogP contribution >= 0.6 is 0 Å². The fraction of sp³-hybridized carbons (Fsp3) is 0.222. The second-order valence-electron chi connectivity index (χ2n) is 3.04. The number of carboxylic acids is 1. The molecule has 0 spiro atoms. The van der Waals surface area contributed by atoms with Crippen LogP contribution in [-0.4, -0.2) is 22.5 Å². The van der Waals surface area contributed by atoms with E-state index in [0.717, 1.165) is 12.1 Å². The summed E-state index contributed by atoms with van der Waals surface area (Å²) in [7, 11) is 0.